The number of alkyl halides is 3. The molecule has 0 fully saturated rings. The average molecular weight is 266 g/mol. The monoisotopic (exact) mass is 266 g/mol. The number of aryl methyl sites for hydroxylation is 1. The van der Waals surface area contributed by atoms with Gasteiger partial charge in [-0.3, -0.25) is 0 Å². The molecule has 1 heterocycles. The van der Waals surface area contributed by atoms with E-state index in [-0.39, 0.29) is 11.3 Å². The molecule has 0 aliphatic rings. The molecule has 1 aromatic heterocycles. The third-order valence-electron chi connectivity index (χ3n) is 2.02. The molecule has 0 amide bonds. The fourth-order valence-corrected chi connectivity index (χ4v) is 1.48. The standard InChI is InChI=1S/C9H10F3N2O2P/c1-4-3-5(14-17)6(8(15)16-2)13-7(4)9(10,11)12/h3,14H,17H2,1-2H3. The van der Waals surface area contributed by atoms with E-state index in [1.807, 2.05) is 0 Å². The smallest absolute Gasteiger partial charge is 0.433 e. The van der Waals surface area contributed by atoms with E-state index in [2.05, 4.69) is 24.2 Å². The summed E-state index contributed by atoms with van der Waals surface area (Å²) >= 11 is 0. The number of pyridine rings is 1. The lowest BCUT2D eigenvalue weighted by molar-refractivity contribution is -0.141. The first-order valence-electron chi connectivity index (χ1n) is 4.45. The molecule has 1 atom stereocenters. The molecule has 0 bridgehead atoms. The lowest BCUT2D eigenvalue weighted by Crippen LogP contribution is -2.16. The van der Waals surface area contributed by atoms with Crippen molar-refractivity contribution in [3.8, 4) is 0 Å². The molecule has 8 heteroatoms. The first kappa shape index (κ1) is 13.7. The van der Waals surface area contributed by atoms with E-state index in [4.69, 9.17) is 0 Å². The number of methoxy groups -OCH3 is 1. The normalized spacial score (nSPS) is 11.2. The van der Waals surface area contributed by atoms with Crippen LogP contribution in [0.5, 0.6) is 0 Å². The second-order valence-corrected chi connectivity index (χ2v) is 3.47. The Hall–Kier alpha value is -1.36. The fraction of sp³-hybridized carbons (Fsp3) is 0.333. The lowest BCUT2D eigenvalue weighted by Gasteiger charge is -2.13. The van der Waals surface area contributed by atoms with Gasteiger partial charge in [0.15, 0.2) is 5.69 Å². The van der Waals surface area contributed by atoms with Crippen molar-refractivity contribution in [2.24, 2.45) is 0 Å². The van der Waals surface area contributed by atoms with Crippen molar-refractivity contribution < 1.29 is 22.7 Å². The van der Waals surface area contributed by atoms with Gasteiger partial charge >= 0.3 is 12.1 Å². The summed E-state index contributed by atoms with van der Waals surface area (Å²) in [6, 6.07) is 1.19. The minimum absolute atomic E-state index is 0.0740. The first-order chi connectivity index (χ1) is 7.81. The van der Waals surface area contributed by atoms with Gasteiger partial charge in [0.2, 0.25) is 0 Å². The number of aromatic nitrogens is 1. The number of hydrogen-bond donors (Lipinski definition) is 1. The summed E-state index contributed by atoms with van der Waals surface area (Å²) in [5.74, 6) is -0.930. The van der Waals surface area contributed by atoms with Crippen LogP contribution in [-0.4, -0.2) is 18.1 Å². The maximum absolute atomic E-state index is 12.6. The molecule has 1 aromatic rings. The molecule has 0 spiro atoms. The molecule has 1 N–H and O–H groups in total. The zero-order valence-electron chi connectivity index (χ0n) is 9.05. The number of nitrogens with one attached hydrogen (secondary N) is 1. The third kappa shape index (κ3) is 2.85. The molecule has 1 rings (SSSR count). The Morgan fingerprint density at radius 3 is 2.53 bits per heavy atom. The second-order valence-electron chi connectivity index (χ2n) is 3.18. The van der Waals surface area contributed by atoms with Crippen LogP contribution in [-0.2, 0) is 10.9 Å². The minimum Gasteiger partial charge on any atom is -0.464 e. The summed E-state index contributed by atoms with van der Waals surface area (Å²) in [7, 11) is 3.16. The highest BCUT2D eigenvalue weighted by atomic mass is 31.0. The Morgan fingerprint density at radius 2 is 2.12 bits per heavy atom. The number of halogens is 3. The number of ether oxygens (including phenoxy) is 1. The van der Waals surface area contributed by atoms with Crippen LogP contribution in [0.3, 0.4) is 0 Å². The molecule has 0 aromatic carbocycles. The number of esters is 1. The van der Waals surface area contributed by atoms with Crippen molar-refractivity contribution in [1.29, 1.82) is 0 Å². The van der Waals surface area contributed by atoms with E-state index in [0.29, 0.717) is 0 Å². The zero-order valence-corrected chi connectivity index (χ0v) is 10.2. The van der Waals surface area contributed by atoms with Crippen molar-refractivity contribution in [2.75, 3.05) is 12.2 Å². The molecule has 0 aliphatic heterocycles. The number of anilines is 1. The highest BCUT2D eigenvalue weighted by molar-refractivity contribution is 7.18. The Balaban J connectivity index is 3.43. The maximum atomic E-state index is 12.6. The number of carbonyl (C=O) groups excluding carboxylic acids is 1. The van der Waals surface area contributed by atoms with Crippen molar-refractivity contribution >= 4 is 21.0 Å². The van der Waals surface area contributed by atoms with Crippen LogP contribution in [0.2, 0.25) is 0 Å². The van der Waals surface area contributed by atoms with Crippen LogP contribution in [0.4, 0.5) is 18.9 Å². The Kier molecular flexibility index (Phi) is 3.93. The van der Waals surface area contributed by atoms with Crippen LogP contribution in [0, 0.1) is 6.92 Å². The SMILES string of the molecule is COC(=O)c1nc(C(F)(F)F)c(C)cc1NP. The van der Waals surface area contributed by atoms with Gasteiger partial charge in [0.05, 0.1) is 12.8 Å². The van der Waals surface area contributed by atoms with E-state index in [1.54, 1.807) is 0 Å². The van der Waals surface area contributed by atoms with Gasteiger partial charge in [0, 0.05) is 0 Å². The van der Waals surface area contributed by atoms with E-state index in [0.717, 1.165) is 7.11 Å². The Labute approximate surface area is 97.8 Å². The summed E-state index contributed by atoms with van der Waals surface area (Å²) in [5.41, 5.74) is -1.41. The van der Waals surface area contributed by atoms with Gasteiger partial charge in [-0.1, -0.05) is 0 Å². The molecule has 0 saturated carbocycles. The predicted octanol–water partition coefficient (Wildman–Crippen LogP) is 2.40. The summed E-state index contributed by atoms with van der Waals surface area (Å²) in [6.07, 6.45) is -4.60. The average Bonchev–Trinajstić information content (AvgIpc) is 2.25. The van der Waals surface area contributed by atoms with E-state index < -0.39 is 23.5 Å². The third-order valence-corrected chi connectivity index (χ3v) is 2.33. The quantitative estimate of drug-likeness (QED) is 0.659. The van der Waals surface area contributed by atoms with Gasteiger partial charge < -0.3 is 9.82 Å². The van der Waals surface area contributed by atoms with Gasteiger partial charge in [-0.25, -0.2) is 9.78 Å². The van der Waals surface area contributed by atoms with Crippen molar-refractivity contribution in [3.63, 3.8) is 0 Å². The highest BCUT2D eigenvalue weighted by Gasteiger charge is 2.36. The number of carbonyl (C=O) groups is 1. The van der Waals surface area contributed by atoms with E-state index >= 15 is 0 Å². The zero-order chi connectivity index (χ0) is 13.2. The first-order valence-corrected chi connectivity index (χ1v) is 5.02. The van der Waals surface area contributed by atoms with Crippen LogP contribution in [0.25, 0.3) is 0 Å². The molecule has 0 saturated heterocycles. The Morgan fingerprint density at radius 1 is 1.53 bits per heavy atom. The minimum atomic E-state index is -4.60. The van der Waals surface area contributed by atoms with Gasteiger partial charge in [0.1, 0.15) is 5.69 Å². The van der Waals surface area contributed by atoms with Crippen LogP contribution in [0.1, 0.15) is 21.7 Å². The molecule has 17 heavy (non-hydrogen) atoms. The van der Waals surface area contributed by atoms with Crippen molar-refractivity contribution in [2.45, 2.75) is 13.1 Å². The maximum Gasteiger partial charge on any atom is 0.433 e. The molecule has 94 valence electrons. The number of hydrogen-bond acceptors (Lipinski definition) is 4. The van der Waals surface area contributed by atoms with Crippen LogP contribution >= 0.6 is 9.39 Å². The molecular weight excluding hydrogens is 256 g/mol. The van der Waals surface area contributed by atoms with E-state index in [9.17, 15) is 18.0 Å². The van der Waals surface area contributed by atoms with Gasteiger partial charge in [-0.2, -0.15) is 13.2 Å². The summed E-state index contributed by atoms with van der Waals surface area (Å²) in [5, 5.41) is 2.52. The fourth-order valence-electron chi connectivity index (χ4n) is 1.26. The van der Waals surface area contributed by atoms with Crippen molar-refractivity contribution in [1.82, 2.24) is 4.98 Å². The summed E-state index contributed by atoms with van der Waals surface area (Å²) in [6.45, 7) is 1.27. The topological polar surface area (TPSA) is 51.2 Å². The second kappa shape index (κ2) is 4.87. The molecule has 0 aliphatic carbocycles. The molecule has 1 unspecified atom stereocenters. The van der Waals surface area contributed by atoms with Crippen LogP contribution in [0.15, 0.2) is 6.07 Å². The lowest BCUT2D eigenvalue weighted by atomic mass is 10.1. The molecule has 0 radical (unpaired) electrons. The van der Waals surface area contributed by atoms with Gasteiger partial charge in [0.25, 0.3) is 0 Å². The summed E-state index contributed by atoms with van der Waals surface area (Å²) < 4.78 is 42.1. The van der Waals surface area contributed by atoms with Crippen LogP contribution < -0.4 is 5.09 Å². The van der Waals surface area contributed by atoms with Gasteiger partial charge in [-0.15, -0.1) is 0 Å². The van der Waals surface area contributed by atoms with Gasteiger partial charge in [-0.05, 0) is 27.9 Å². The highest BCUT2D eigenvalue weighted by Crippen LogP contribution is 2.32. The van der Waals surface area contributed by atoms with Crippen molar-refractivity contribution in [3.05, 3.63) is 23.0 Å². The molecular formula is C9H10F3N2O2P. The van der Waals surface area contributed by atoms with E-state index in [1.165, 1.54) is 13.0 Å². The summed E-state index contributed by atoms with van der Waals surface area (Å²) in [4.78, 5) is 14.6. The predicted molar refractivity (Wildman–Crippen MR) is 58.6 cm³/mol. The number of nitrogens with zero attached hydrogens (tertiary/aromatic N) is 1. The Bertz CT molecular complexity index is 449. The largest absolute Gasteiger partial charge is 0.464 e. The molecule has 4 nitrogen and oxygen atoms in total. The number of rotatable bonds is 2.